The van der Waals surface area contributed by atoms with Gasteiger partial charge in [-0.15, -0.1) is 0 Å². The van der Waals surface area contributed by atoms with Gasteiger partial charge in [0.15, 0.2) is 5.96 Å². The first-order chi connectivity index (χ1) is 9.34. The van der Waals surface area contributed by atoms with Crippen molar-refractivity contribution in [3.63, 3.8) is 0 Å². The molecule has 0 spiro atoms. The van der Waals surface area contributed by atoms with Gasteiger partial charge >= 0.3 is 0 Å². The van der Waals surface area contributed by atoms with Crippen molar-refractivity contribution in [3.05, 3.63) is 29.3 Å². The fourth-order valence-electron chi connectivity index (χ4n) is 1.76. The second kappa shape index (κ2) is 7.29. The summed E-state index contributed by atoms with van der Waals surface area (Å²) >= 11 is 0. The smallest absolute Gasteiger partial charge is 0.193 e. The molecule has 4 heteroatoms. The van der Waals surface area contributed by atoms with Crippen LogP contribution in [0.5, 0.6) is 0 Å². The molecule has 0 atom stereocenters. The summed E-state index contributed by atoms with van der Waals surface area (Å²) in [7, 11) is 1.72. The maximum atomic E-state index is 5.94. The molecular formula is C16H27N3O. The van der Waals surface area contributed by atoms with E-state index in [-0.39, 0.29) is 5.41 Å². The van der Waals surface area contributed by atoms with Crippen LogP contribution in [0.3, 0.4) is 0 Å². The number of rotatable bonds is 6. The molecule has 0 amide bonds. The summed E-state index contributed by atoms with van der Waals surface area (Å²) in [6.45, 7) is 9.93. The van der Waals surface area contributed by atoms with Gasteiger partial charge in [0.05, 0.1) is 0 Å². The van der Waals surface area contributed by atoms with Gasteiger partial charge in [-0.1, -0.05) is 19.9 Å². The lowest BCUT2D eigenvalue weighted by Gasteiger charge is -2.22. The second-order valence-corrected chi connectivity index (χ2v) is 6.03. The number of nitrogens with one attached hydrogen (secondary N) is 1. The minimum absolute atomic E-state index is 0.0888. The van der Waals surface area contributed by atoms with Crippen molar-refractivity contribution in [1.82, 2.24) is 0 Å². The summed E-state index contributed by atoms with van der Waals surface area (Å²) in [6, 6.07) is 6.17. The molecule has 0 fully saturated rings. The number of hydrogen-bond donors (Lipinski definition) is 2. The number of benzene rings is 1. The first-order valence-electron chi connectivity index (χ1n) is 6.97. The summed E-state index contributed by atoms with van der Waals surface area (Å²) in [5, 5.41) is 3.14. The molecule has 1 aromatic rings. The van der Waals surface area contributed by atoms with Gasteiger partial charge in [-0.2, -0.15) is 0 Å². The van der Waals surface area contributed by atoms with E-state index in [1.54, 1.807) is 7.11 Å². The van der Waals surface area contributed by atoms with Crippen LogP contribution in [0, 0.1) is 19.3 Å². The summed E-state index contributed by atoms with van der Waals surface area (Å²) < 4.78 is 5.11. The fraction of sp³-hybridized carbons (Fsp3) is 0.562. The Bertz CT molecular complexity index is 467. The molecule has 3 N–H and O–H groups in total. The number of ether oxygens (including phenoxy) is 1. The van der Waals surface area contributed by atoms with E-state index >= 15 is 0 Å². The van der Waals surface area contributed by atoms with Gasteiger partial charge in [0.25, 0.3) is 0 Å². The number of hydrogen-bond acceptors (Lipinski definition) is 2. The minimum Gasteiger partial charge on any atom is -0.385 e. The number of nitrogens with two attached hydrogens (primary N) is 1. The van der Waals surface area contributed by atoms with E-state index in [4.69, 9.17) is 10.5 Å². The van der Waals surface area contributed by atoms with Crippen LogP contribution in [-0.4, -0.2) is 26.2 Å². The zero-order chi connectivity index (χ0) is 15.2. The number of aryl methyl sites for hydroxylation is 2. The van der Waals surface area contributed by atoms with E-state index in [1.165, 1.54) is 11.1 Å². The highest BCUT2D eigenvalue weighted by Gasteiger charge is 2.16. The molecular weight excluding hydrogens is 250 g/mol. The van der Waals surface area contributed by atoms with Crippen molar-refractivity contribution < 1.29 is 4.74 Å². The molecule has 20 heavy (non-hydrogen) atoms. The third-order valence-electron chi connectivity index (χ3n) is 3.44. The largest absolute Gasteiger partial charge is 0.385 e. The molecule has 1 rings (SSSR count). The normalized spacial score (nSPS) is 12.6. The molecule has 112 valence electrons. The highest BCUT2D eigenvalue weighted by Crippen LogP contribution is 2.20. The predicted octanol–water partition coefficient (Wildman–Crippen LogP) is 3.09. The van der Waals surface area contributed by atoms with Crippen molar-refractivity contribution in [2.24, 2.45) is 16.1 Å². The summed E-state index contributed by atoms with van der Waals surface area (Å²) in [4.78, 5) is 4.42. The van der Waals surface area contributed by atoms with E-state index in [2.05, 4.69) is 50.1 Å². The van der Waals surface area contributed by atoms with Gasteiger partial charge in [-0.25, -0.2) is 0 Å². The van der Waals surface area contributed by atoms with Crippen molar-refractivity contribution in [2.45, 2.75) is 34.1 Å². The molecule has 0 aliphatic heterocycles. The summed E-state index contributed by atoms with van der Waals surface area (Å²) in [5.74, 6) is 0.457. The minimum atomic E-state index is 0.0888. The highest BCUT2D eigenvalue weighted by molar-refractivity contribution is 5.92. The molecule has 0 saturated carbocycles. The molecule has 0 unspecified atom stereocenters. The maximum Gasteiger partial charge on any atom is 0.193 e. The molecule has 1 aromatic carbocycles. The van der Waals surface area contributed by atoms with Gasteiger partial charge < -0.3 is 15.8 Å². The predicted molar refractivity (Wildman–Crippen MR) is 86.3 cm³/mol. The third-order valence-corrected chi connectivity index (χ3v) is 3.44. The number of aliphatic imine (C=N–C) groups is 1. The van der Waals surface area contributed by atoms with Crippen LogP contribution >= 0.6 is 0 Å². The second-order valence-electron chi connectivity index (χ2n) is 6.03. The standard InChI is InChI=1S/C16H27N3O/c1-12-6-7-14(10-13(12)2)19-15(17)18-11-16(3,4)8-9-20-5/h6-7,10H,8-9,11H2,1-5H3,(H3,17,18,19). The number of guanidine groups is 1. The average Bonchev–Trinajstić information content (AvgIpc) is 2.39. The lowest BCUT2D eigenvalue weighted by Crippen LogP contribution is -2.26. The Morgan fingerprint density at radius 3 is 2.60 bits per heavy atom. The van der Waals surface area contributed by atoms with Crippen LogP contribution in [-0.2, 0) is 4.74 Å². The van der Waals surface area contributed by atoms with Gasteiger partial charge in [0, 0.05) is 25.9 Å². The topological polar surface area (TPSA) is 59.6 Å². The molecule has 0 aromatic heterocycles. The zero-order valence-electron chi connectivity index (χ0n) is 13.3. The summed E-state index contributed by atoms with van der Waals surface area (Å²) in [5.41, 5.74) is 9.51. The Hall–Kier alpha value is -1.55. The monoisotopic (exact) mass is 277 g/mol. The molecule has 0 saturated heterocycles. The zero-order valence-corrected chi connectivity index (χ0v) is 13.3. The highest BCUT2D eigenvalue weighted by atomic mass is 16.5. The lowest BCUT2D eigenvalue weighted by molar-refractivity contribution is 0.155. The van der Waals surface area contributed by atoms with Gasteiger partial charge in [0.1, 0.15) is 0 Å². The van der Waals surface area contributed by atoms with Crippen LogP contribution < -0.4 is 11.1 Å². The SMILES string of the molecule is COCCC(C)(C)CN=C(N)Nc1ccc(C)c(C)c1. The van der Waals surface area contributed by atoms with Crippen molar-refractivity contribution in [3.8, 4) is 0 Å². The quantitative estimate of drug-likeness (QED) is 0.620. The Morgan fingerprint density at radius 1 is 1.30 bits per heavy atom. The first kappa shape index (κ1) is 16.5. The van der Waals surface area contributed by atoms with Crippen molar-refractivity contribution >= 4 is 11.6 Å². The van der Waals surface area contributed by atoms with E-state index in [9.17, 15) is 0 Å². The number of methoxy groups -OCH3 is 1. The fourth-order valence-corrected chi connectivity index (χ4v) is 1.76. The Kier molecular flexibility index (Phi) is 6.02. The molecule has 4 nitrogen and oxygen atoms in total. The molecule has 0 bridgehead atoms. The van der Waals surface area contributed by atoms with Crippen LogP contribution in [0.1, 0.15) is 31.4 Å². The van der Waals surface area contributed by atoms with Crippen LogP contribution in [0.15, 0.2) is 23.2 Å². The average molecular weight is 277 g/mol. The number of nitrogens with zero attached hydrogens (tertiary/aromatic N) is 1. The van der Waals surface area contributed by atoms with Gasteiger partial charge in [0.2, 0.25) is 0 Å². The Labute approximate surface area is 122 Å². The Balaban J connectivity index is 2.59. The van der Waals surface area contributed by atoms with E-state index < -0.39 is 0 Å². The Morgan fingerprint density at radius 2 is 2.00 bits per heavy atom. The van der Waals surface area contributed by atoms with Crippen molar-refractivity contribution in [1.29, 1.82) is 0 Å². The summed E-state index contributed by atoms with van der Waals surface area (Å²) in [6.07, 6.45) is 0.962. The van der Waals surface area contributed by atoms with E-state index in [0.717, 1.165) is 18.7 Å². The van der Waals surface area contributed by atoms with Crippen LogP contribution in [0.4, 0.5) is 5.69 Å². The number of anilines is 1. The van der Waals surface area contributed by atoms with E-state index in [0.29, 0.717) is 12.5 Å². The molecule has 0 heterocycles. The molecule has 0 radical (unpaired) electrons. The van der Waals surface area contributed by atoms with Crippen LogP contribution in [0.25, 0.3) is 0 Å². The van der Waals surface area contributed by atoms with Gasteiger partial charge in [-0.3, -0.25) is 4.99 Å². The molecule has 0 aliphatic rings. The van der Waals surface area contributed by atoms with E-state index in [1.807, 2.05) is 6.07 Å². The molecule has 0 aliphatic carbocycles. The third kappa shape index (κ3) is 5.61. The first-order valence-corrected chi connectivity index (χ1v) is 6.97. The van der Waals surface area contributed by atoms with Crippen LogP contribution in [0.2, 0.25) is 0 Å². The van der Waals surface area contributed by atoms with Gasteiger partial charge in [-0.05, 0) is 48.9 Å². The maximum absolute atomic E-state index is 5.94. The van der Waals surface area contributed by atoms with Crippen molar-refractivity contribution in [2.75, 3.05) is 25.6 Å². The lowest BCUT2D eigenvalue weighted by atomic mass is 9.90.